The van der Waals surface area contributed by atoms with Crippen LogP contribution in [0.1, 0.15) is 18.1 Å². The van der Waals surface area contributed by atoms with Gasteiger partial charge >= 0.3 is 0 Å². The molecule has 0 aliphatic heterocycles. The Hall–Kier alpha value is -2.12. The number of hydrogen-bond acceptors (Lipinski definition) is 4. The summed E-state index contributed by atoms with van der Waals surface area (Å²) in [6.07, 6.45) is 1.00. The number of H-pyrrole nitrogens is 1. The van der Waals surface area contributed by atoms with Gasteiger partial charge in [0.25, 0.3) is 0 Å². The smallest absolute Gasteiger partial charge is 0.234 e. The van der Waals surface area contributed by atoms with Crippen LogP contribution in [0.3, 0.4) is 0 Å². The lowest BCUT2D eigenvalue weighted by atomic mass is 10.1. The first-order valence-electron chi connectivity index (χ1n) is 8.25. The maximum atomic E-state index is 12.2. The molecule has 0 aliphatic carbocycles. The molecule has 0 saturated heterocycles. The molecular weight excluding hydrogens is 412 g/mol. The third kappa shape index (κ3) is 4.74. The molecule has 26 heavy (non-hydrogen) atoms. The van der Waals surface area contributed by atoms with Crippen LogP contribution in [0.25, 0.3) is 11.4 Å². The number of nitrogens with zero attached hydrogens (tertiary/aromatic N) is 2. The highest BCUT2D eigenvalue weighted by molar-refractivity contribution is 9.10. The molecule has 0 radical (unpaired) electrons. The van der Waals surface area contributed by atoms with E-state index in [1.165, 1.54) is 17.3 Å². The number of aromatic amines is 1. The highest BCUT2D eigenvalue weighted by atomic mass is 79.9. The second kappa shape index (κ2) is 8.51. The molecule has 1 amide bonds. The fraction of sp³-hybridized carbons (Fsp3) is 0.211. The van der Waals surface area contributed by atoms with Gasteiger partial charge in [0, 0.05) is 15.7 Å². The number of carbonyl (C=O) groups is 1. The summed E-state index contributed by atoms with van der Waals surface area (Å²) in [5, 5.41) is 10.6. The van der Waals surface area contributed by atoms with Gasteiger partial charge in [-0.3, -0.25) is 9.89 Å². The second-order valence-electron chi connectivity index (χ2n) is 5.81. The molecule has 0 saturated carbocycles. The van der Waals surface area contributed by atoms with Gasteiger partial charge in [-0.1, -0.05) is 58.9 Å². The first kappa shape index (κ1) is 18.7. The Kier molecular flexibility index (Phi) is 6.11. The quantitative estimate of drug-likeness (QED) is 0.549. The van der Waals surface area contributed by atoms with Crippen molar-refractivity contribution in [1.82, 2.24) is 15.2 Å². The van der Waals surface area contributed by atoms with Crippen molar-refractivity contribution in [3.05, 3.63) is 58.1 Å². The van der Waals surface area contributed by atoms with Gasteiger partial charge in [-0.15, -0.1) is 5.10 Å². The summed E-state index contributed by atoms with van der Waals surface area (Å²) in [7, 11) is 0. The Morgan fingerprint density at radius 1 is 1.23 bits per heavy atom. The van der Waals surface area contributed by atoms with Crippen LogP contribution in [0.2, 0.25) is 0 Å². The van der Waals surface area contributed by atoms with Crippen LogP contribution in [-0.2, 0) is 11.2 Å². The minimum absolute atomic E-state index is 0.0842. The molecule has 0 atom stereocenters. The van der Waals surface area contributed by atoms with Gasteiger partial charge in [-0.25, -0.2) is 4.98 Å². The van der Waals surface area contributed by atoms with Crippen LogP contribution < -0.4 is 5.32 Å². The third-order valence-corrected chi connectivity index (χ3v) is 5.24. The highest BCUT2D eigenvalue weighted by Crippen LogP contribution is 2.22. The molecule has 1 heterocycles. The zero-order chi connectivity index (χ0) is 18.5. The Bertz CT molecular complexity index is 908. The minimum atomic E-state index is -0.0842. The summed E-state index contributed by atoms with van der Waals surface area (Å²) < 4.78 is 0.989. The Balaban J connectivity index is 1.58. The van der Waals surface area contributed by atoms with E-state index in [9.17, 15) is 4.79 Å². The normalized spacial score (nSPS) is 10.7. The molecule has 0 unspecified atom stereocenters. The largest absolute Gasteiger partial charge is 0.325 e. The summed E-state index contributed by atoms with van der Waals surface area (Å²) in [6.45, 7) is 4.08. The summed E-state index contributed by atoms with van der Waals surface area (Å²) in [4.78, 5) is 16.6. The molecule has 2 aromatic carbocycles. The molecule has 0 aliphatic rings. The molecule has 2 N–H and O–H groups in total. The van der Waals surface area contributed by atoms with Crippen molar-refractivity contribution < 1.29 is 4.79 Å². The fourth-order valence-corrected chi connectivity index (χ4v) is 3.50. The van der Waals surface area contributed by atoms with E-state index < -0.39 is 0 Å². The van der Waals surface area contributed by atoms with E-state index in [1.807, 2.05) is 37.3 Å². The van der Waals surface area contributed by atoms with E-state index in [0.717, 1.165) is 27.7 Å². The van der Waals surface area contributed by atoms with E-state index >= 15 is 0 Å². The number of benzene rings is 2. The number of aryl methyl sites for hydroxylation is 2. The Labute approximate surface area is 165 Å². The standard InChI is InChI=1S/C19H19BrN4OS/c1-3-13-4-6-14(7-5-13)18-22-19(24-23-18)26-11-17(25)21-16-9-8-15(20)10-12(16)2/h4-10H,3,11H2,1-2H3,(H,21,25)(H,22,23,24). The number of aromatic nitrogens is 3. The predicted octanol–water partition coefficient (Wildman–Crippen LogP) is 4.84. The third-order valence-electron chi connectivity index (χ3n) is 3.90. The molecule has 3 rings (SSSR count). The van der Waals surface area contributed by atoms with Gasteiger partial charge in [0.05, 0.1) is 5.75 Å². The zero-order valence-corrected chi connectivity index (χ0v) is 16.9. The number of carbonyl (C=O) groups excluding carboxylic acids is 1. The van der Waals surface area contributed by atoms with Gasteiger partial charge in [0.2, 0.25) is 11.1 Å². The second-order valence-corrected chi connectivity index (χ2v) is 7.67. The number of thioether (sulfide) groups is 1. The molecule has 3 aromatic rings. The highest BCUT2D eigenvalue weighted by Gasteiger charge is 2.10. The average Bonchev–Trinajstić information content (AvgIpc) is 3.11. The van der Waals surface area contributed by atoms with Crippen LogP contribution in [-0.4, -0.2) is 26.8 Å². The molecule has 5 nitrogen and oxygen atoms in total. The lowest BCUT2D eigenvalue weighted by molar-refractivity contribution is -0.113. The summed E-state index contributed by atoms with van der Waals surface area (Å²) in [6, 6.07) is 14.0. The van der Waals surface area contributed by atoms with Crippen molar-refractivity contribution in [2.45, 2.75) is 25.4 Å². The Morgan fingerprint density at radius 3 is 2.69 bits per heavy atom. The first-order chi connectivity index (χ1) is 12.5. The fourth-order valence-electron chi connectivity index (χ4n) is 2.42. The zero-order valence-electron chi connectivity index (χ0n) is 14.5. The van der Waals surface area contributed by atoms with Crippen molar-refractivity contribution in [1.29, 1.82) is 0 Å². The van der Waals surface area contributed by atoms with Crippen LogP contribution in [0, 0.1) is 6.92 Å². The van der Waals surface area contributed by atoms with E-state index in [0.29, 0.717) is 11.0 Å². The molecule has 1 aromatic heterocycles. The summed E-state index contributed by atoms with van der Waals surface area (Å²) in [5.41, 5.74) is 4.08. The van der Waals surface area contributed by atoms with E-state index in [-0.39, 0.29) is 11.7 Å². The summed E-state index contributed by atoms with van der Waals surface area (Å²) >= 11 is 4.72. The molecule has 0 bridgehead atoms. The van der Waals surface area contributed by atoms with Crippen LogP contribution in [0.4, 0.5) is 5.69 Å². The van der Waals surface area contributed by atoms with Gasteiger partial charge < -0.3 is 5.32 Å². The first-order valence-corrected chi connectivity index (χ1v) is 10.0. The lowest BCUT2D eigenvalue weighted by Crippen LogP contribution is -2.14. The van der Waals surface area contributed by atoms with Crippen molar-refractivity contribution in [2.24, 2.45) is 0 Å². The van der Waals surface area contributed by atoms with Gasteiger partial charge in [-0.2, -0.15) is 0 Å². The number of anilines is 1. The minimum Gasteiger partial charge on any atom is -0.325 e. The maximum Gasteiger partial charge on any atom is 0.234 e. The number of hydrogen-bond donors (Lipinski definition) is 2. The number of amides is 1. The number of halogens is 1. The van der Waals surface area contributed by atoms with Crippen LogP contribution in [0.5, 0.6) is 0 Å². The average molecular weight is 431 g/mol. The molecule has 134 valence electrons. The SMILES string of the molecule is CCc1ccc(-c2nc(SCC(=O)Nc3ccc(Br)cc3C)n[nH]2)cc1. The van der Waals surface area contributed by atoms with Crippen LogP contribution >= 0.6 is 27.7 Å². The summed E-state index contributed by atoms with van der Waals surface area (Å²) in [5.74, 6) is 0.875. The van der Waals surface area contributed by atoms with Gasteiger partial charge in [0.1, 0.15) is 0 Å². The molecule has 7 heteroatoms. The molecule has 0 spiro atoms. The van der Waals surface area contributed by atoms with E-state index in [4.69, 9.17) is 0 Å². The van der Waals surface area contributed by atoms with Gasteiger partial charge in [-0.05, 0) is 42.7 Å². The lowest BCUT2D eigenvalue weighted by Gasteiger charge is -2.07. The van der Waals surface area contributed by atoms with Crippen molar-refractivity contribution in [3.63, 3.8) is 0 Å². The van der Waals surface area contributed by atoms with Crippen molar-refractivity contribution in [3.8, 4) is 11.4 Å². The van der Waals surface area contributed by atoms with Crippen molar-refractivity contribution in [2.75, 3.05) is 11.1 Å². The predicted molar refractivity (Wildman–Crippen MR) is 109 cm³/mol. The van der Waals surface area contributed by atoms with Crippen molar-refractivity contribution >= 4 is 39.3 Å². The number of rotatable bonds is 6. The molecular formula is C19H19BrN4OS. The number of nitrogens with one attached hydrogen (secondary N) is 2. The van der Waals surface area contributed by atoms with Gasteiger partial charge in [0.15, 0.2) is 5.82 Å². The van der Waals surface area contributed by atoms with Crippen LogP contribution in [0.15, 0.2) is 52.1 Å². The van der Waals surface area contributed by atoms with E-state index in [2.05, 4.69) is 55.5 Å². The molecule has 0 fully saturated rings. The monoisotopic (exact) mass is 430 g/mol. The Morgan fingerprint density at radius 2 is 2.00 bits per heavy atom. The van der Waals surface area contributed by atoms with E-state index in [1.54, 1.807) is 0 Å². The topological polar surface area (TPSA) is 70.7 Å². The maximum absolute atomic E-state index is 12.2.